The first-order valence-electron chi connectivity index (χ1n) is 8.68. The number of nitrogens with one attached hydrogen (secondary N) is 1. The maximum absolute atomic E-state index is 3.71. The van der Waals surface area contributed by atoms with Crippen molar-refractivity contribution in [1.82, 2.24) is 10.2 Å². The second kappa shape index (κ2) is 7.64. The third kappa shape index (κ3) is 4.46. The summed E-state index contributed by atoms with van der Waals surface area (Å²) in [5.41, 5.74) is 0. The van der Waals surface area contributed by atoms with Crippen molar-refractivity contribution in [2.45, 2.75) is 77.8 Å². The molecule has 0 aromatic carbocycles. The van der Waals surface area contributed by atoms with Crippen LogP contribution in [0.1, 0.15) is 65.7 Å². The van der Waals surface area contributed by atoms with E-state index in [1.54, 1.807) is 0 Å². The Labute approximate surface area is 120 Å². The lowest BCUT2D eigenvalue weighted by molar-refractivity contribution is 0.0885. The topological polar surface area (TPSA) is 15.3 Å². The van der Waals surface area contributed by atoms with Crippen molar-refractivity contribution in [3.05, 3.63) is 0 Å². The van der Waals surface area contributed by atoms with Crippen molar-refractivity contribution in [1.29, 1.82) is 0 Å². The Hall–Kier alpha value is -0.0800. The van der Waals surface area contributed by atoms with Crippen molar-refractivity contribution in [3.8, 4) is 0 Å². The zero-order chi connectivity index (χ0) is 13.7. The van der Waals surface area contributed by atoms with Gasteiger partial charge in [0.25, 0.3) is 0 Å². The molecule has 2 aliphatic rings. The van der Waals surface area contributed by atoms with E-state index >= 15 is 0 Å². The Bertz CT molecular complexity index is 254. The lowest BCUT2D eigenvalue weighted by atomic mass is 9.79. The number of piperidine rings is 1. The summed E-state index contributed by atoms with van der Waals surface area (Å²) >= 11 is 0. The summed E-state index contributed by atoms with van der Waals surface area (Å²) in [6, 6.07) is 1.55. The number of rotatable bonds is 5. The van der Waals surface area contributed by atoms with E-state index in [0.29, 0.717) is 0 Å². The van der Waals surface area contributed by atoms with Crippen LogP contribution >= 0.6 is 0 Å². The quantitative estimate of drug-likeness (QED) is 0.817. The highest BCUT2D eigenvalue weighted by Crippen LogP contribution is 2.31. The van der Waals surface area contributed by atoms with Crippen LogP contribution in [0.5, 0.6) is 0 Å². The van der Waals surface area contributed by atoms with Gasteiger partial charge in [-0.25, -0.2) is 0 Å². The minimum absolute atomic E-state index is 0.773. The number of hydrogen-bond donors (Lipinski definition) is 1. The Morgan fingerprint density at radius 3 is 2.58 bits per heavy atom. The van der Waals surface area contributed by atoms with E-state index in [9.17, 15) is 0 Å². The fourth-order valence-corrected chi connectivity index (χ4v) is 3.99. The molecule has 0 aromatic heterocycles. The molecule has 1 saturated carbocycles. The summed E-state index contributed by atoms with van der Waals surface area (Å²) in [6.07, 6.45) is 9.84. The molecular formula is C17H34N2. The average Bonchev–Trinajstić information content (AvgIpc) is 2.41. The lowest BCUT2D eigenvalue weighted by Gasteiger charge is -2.41. The Morgan fingerprint density at radius 1 is 1.11 bits per heavy atom. The minimum Gasteiger partial charge on any atom is -0.314 e. The SMILES string of the molecule is CCCNC1CCN(CC2CCCCC2C)C(C)C1. The molecule has 4 atom stereocenters. The first-order chi connectivity index (χ1) is 9.20. The predicted octanol–water partition coefficient (Wildman–Crippen LogP) is 3.67. The molecular weight excluding hydrogens is 232 g/mol. The molecule has 2 rings (SSSR count). The molecule has 112 valence electrons. The fourth-order valence-electron chi connectivity index (χ4n) is 3.99. The van der Waals surface area contributed by atoms with Crippen LogP contribution in [0.25, 0.3) is 0 Å². The van der Waals surface area contributed by atoms with Crippen LogP contribution in [0, 0.1) is 11.8 Å². The van der Waals surface area contributed by atoms with Gasteiger partial charge >= 0.3 is 0 Å². The number of likely N-dealkylation sites (tertiary alicyclic amines) is 1. The normalized spacial score (nSPS) is 37.4. The molecule has 2 nitrogen and oxygen atoms in total. The fraction of sp³-hybridized carbons (Fsp3) is 1.00. The molecule has 0 amide bonds. The average molecular weight is 266 g/mol. The van der Waals surface area contributed by atoms with Gasteiger partial charge in [0.2, 0.25) is 0 Å². The highest BCUT2D eigenvalue weighted by Gasteiger charge is 2.29. The van der Waals surface area contributed by atoms with E-state index in [1.807, 2.05) is 0 Å². The summed E-state index contributed by atoms with van der Waals surface area (Å²) in [5.74, 6) is 1.92. The molecule has 1 aliphatic heterocycles. The molecule has 1 N–H and O–H groups in total. The maximum Gasteiger partial charge on any atom is 0.00940 e. The summed E-state index contributed by atoms with van der Waals surface area (Å²) in [4.78, 5) is 2.77. The molecule has 0 aromatic rings. The third-order valence-corrected chi connectivity index (χ3v) is 5.45. The molecule has 1 heterocycles. The van der Waals surface area contributed by atoms with E-state index in [2.05, 4.69) is 31.0 Å². The van der Waals surface area contributed by atoms with Crippen molar-refractivity contribution >= 4 is 0 Å². The van der Waals surface area contributed by atoms with E-state index in [1.165, 1.54) is 64.6 Å². The van der Waals surface area contributed by atoms with Gasteiger partial charge in [-0.3, -0.25) is 0 Å². The van der Waals surface area contributed by atoms with Gasteiger partial charge < -0.3 is 10.2 Å². The highest BCUT2D eigenvalue weighted by atomic mass is 15.2. The Kier molecular flexibility index (Phi) is 6.15. The van der Waals surface area contributed by atoms with Gasteiger partial charge in [0.1, 0.15) is 0 Å². The van der Waals surface area contributed by atoms with Crippen LogP contribution in [-0.4, -0.2) is 36.6 Å². The van der Waals surface area contributed by atoms with E-state index in [0.717, 1.165) is 23.9 Å². The van der Waals surface area contributed by atoms with Crippen LogP contribution in [0.4, 0.5) is 0 Å². The lowest BCUT2D eigenvalue weighted by Crippen LogP contribution is -2.49. The predicted molar refractivity (Wildman–Crippen MR) is 83.5 cm³/mol. The van der Waals surface area contributed by atoms with Crippen molar-refractivity contribution in [2.75, 3.05) is 19.6 Å². The molecule has 0 radical (unpaired) electrons. The van der Waals surface area contributed by atoms with Gasteiger partial charge in [-0.15, -0.1) is 0 Å². The van der Waals surface area contributed by atoms with Crippen LogP contribution < -0.4 is 5.32 Å². The standard InChI is InChI=1S/C17H34N2/c1-4-10-18-17-9-11-19(15(3)12-17)13-16-8-6-5-7-14(16)2/h14-18H,4-13H2,1-3H3. The molecule has 4 unspecified atom stereocenters. The van der Waals surface area contributed by atoms with Crippen LogP contribution in [0.3, 0.4) is 0 Å². The Morgan fingerprint density at radius 2 is 1.89 bits per heavy atom. The maximum atomic E-state index is 3.71. The van der Waals surface area contributed by atoms with E-state index in [-0.39, 0.29) is 0 Å². The summed E-state index contributed by atoms with van der Waals surface area (Å²) in [6.45, 7) is 11.0. The third-order valence-electron chi connectivity index (χ3n) is 5.45. The molecule has 2 fully saturated rings. The summed E-state index contributed by atoms with van der Waals surface area (Å²) in [5, 5.41) is 3.71. The highest BCUT2D eigenvalue weighted by molar-refractivity contribution is 4.85. The molecule has 0 spiro atoms. The molecule has 1 saturated heterocycles. The second-order valence-corrected chi connectivity index (χ2v) is 7.04. The van der Waals surface area contributed by atoms with Crippen molar-refractivity contribution < 1.29 is 0 Å². The molecule has 0 bridgehead atoms. The van der Waals surface area contributed by atoms with Gasteiger partial charge in [0, 0.05) is 18.6 Å². The van der Waals surface area contributed by atoms with Crippen molar-refractivity contribution in [2.24, 2.45) is 11.8 Å². The zero-order valence-electron chi connectivity index (χ0n) is 13.3. The van der Waals surface area contributed by atoms with Gasteiger partial charge in [0.05, 0.1) is 0 Å². The van der Waals surface area contributed by atoms with Gasteiger partial charge in [-0.1, -0.05) is 33.1 Å². The second-order valence-electron chi connectivity index (χ2n) is 7.04. The van der Waals surface area contributed by atoms with E-state index in [4.69, 9.17) is 0 Å². The van der Waals surface area contributed by atoms with Gasteiger partial charge in [-0.2, -0.15) is 0 Å². The smallest absolute Gasteiger partial charge is 0.00940 e. The number of hydrogen-bond acceptors (Lipinski definition) is 2. The van der Waals surface area contributed by atoms with E-state index < -0.39 is 0 Å². The molecule has 1 aliphatic carbocycles. The van der Waals surface area contributed by atoms with Crippen LogP contribution in [0.2, 0.25) is 0 Å². The zero-order valence-corrected chi connectivity index (χ0v) is 13.3. The summed E-state index contributed by atoms with van der Waals surface area (Å²) in [7, 11) is 0. The van der Waals surface area contributed by atoms with Gasteiger partial charge in [0.15, 0.2) is 0 Å². The number of nitrogens with zero attached hydrogens (tertiary/aromatic N) is 1. The van der Waals surface area contributed by atoms with Crippen molar-refractivity contribution in [3.63, 3.8) is 0 Å². The van der Waals surface area contributed by atoms with Gasteiger partial charge in [-0.05, 0) is 57.5 Å². The summed E-state index contributed by atoms with van der Waals surface area (Å²) < 4.78 is 0. The van der Waals surface area contributed by atoms with Crippen LogP contribution in [0.15, 0.2) is 0 Å². The first kappa shape index (κ1) is 15.3. The largest absolute Gasteiger partial charge is 0.314 e. The monoisotopic (exact) mass is 266 g/mol. The molecule has 19 heavy (non-hydrogen) atoms. The minimum atomic E-state index is 0.773. The Balaban J connectivity index is 1.76. The van der Waals surface area contributed by atoms with Crippen LogP contribution in [-0.2, 0) is 0 Å². The first-order valence-corrected chi connectivity index (χ1v) is 8.68. The molecule has 2 heteroatoms.